The number of nitrogens with two attached hydrogens (primary N) is 1. The van der Waals surface area contributed by atoms with Gasteiger partial charge >= 0.3 is 5.91 Å². The van der Waals surface area contributed by atoms with Crippen molar-refractivity contribution >= 4 is 5.91 Å². The summed E-state index contributed by atoms with van der Waals surface area (Å²) in [6, 6.07) is 1.82. The van der Waals surface area contributed by atoms with Gasteiger partial charge in [-0.25, -0.2) is 5.84 Å². The first kappa shape index (κ1) is 10.2. The van der Waals surface area contributed by atoms with Crippen molar-refractivity contribution in [2.45, 2.75) is 19.4 Å². The van der Waals surface area contributed by atoms with Crippen LogP contribution in [0.3, 0.4) is 0 Å². The molecule has 2 rings (SSSR count). The molecule has 1 aliphatic heterocycles. The van der Waals surface area contributed by atoms with Crippen molar-refractivity contribution in [3.8, 4) is 0 Å². The van der Waals surface area contributed by atoms with Gasteiger partial charge in [0.25, 0.3) is 0 Å². The van der Waals surface area contributed by atoms with Crippen LogP contribution >= 0.6 is 0 Å². The summed E-state index contributed by atoms with van der Waals surface area (Å²) in [5, 5.41) is 0. The molecule has 5 heteroatoms. The number of furan rings is 1. The second kappa shape index (κ2) is 4.46. The summed E-state index contributed by atoms with van der Waals surface area (Å²) < 4.78 is 5.11. The maximum absolute atomic E-state index is 11.3. The fourth-order valence-corrected chi connectivity index (χ4v) is 1.91. The zero-order chi connectivity index (χ0) is 10.7. The van der Waals surface area contributed by atoms with E-state index in [4.69, 9.17) is 10.3 Å². The highest BCUT2D eigenvalue weighted by Gasteiger charge is 2.18. The summed E-state index contributed by atoms with van der Waals surface area (Å²) in [5.74, 6) is 5.02. The number of nitrogens with zero attached hydrogens (tertiary/aromatic N) is 1. The van der Waals surface area contributed by atoms with E-state index in [1.54, 1.807) is 0 Å². The molecule has 3 N–H and O–H groups in total. The highest BCUT2D eigenvalue weighted by molar-refractivity contribution is 5.92. The molecular weight excluding hydrogens is 194 g/mol. The molecule has 1 amide bonds. The lowest BCUT2D eigenvalue weighted by molar-refractivity contribution is 0.0923. The Hall–Kier alpha value is -1.33. The van der Waals surface area contributed by atoms with E-state index in [9.17, 15) is 4.79 Å². The lowest BCUT2D eigenvalue weighted by Crippen LogP contribution is -2.31. The van der Waals surface area contributed by atoms with Gasteiger partial charge in [-0.2, -0.15) is 0 Å². The minimum Gasteiger partial charge on any atom is -0.459 e. The van der Waals surface area contributed by atoms with Crippen molar-refractivity contribution < 1.29 is 9.21 Å². The minimum atomic E-state index is -0.366. The van der Waals surface area contributed by atoms with Crippen LogP contribution in [0, 0.1) is 0 Å². The van der Waals surface area contributed by atoms with Crippen molar-refractivity contribution in [3.05, 3.63) is 23.7 Å². The van der Waals surface area contributed by atoms with Crippen molar-refractivity contribution in [3.63, 3.8) is 0 Å². The number of hydrogen-bond acceptors (Lipinski definition) is 4. The number of hydrogen-bond donors (Lipinski definition) is 2. The van der Waals surface area contributed by atoms with Crippen LogP contribution in [0.1, 0.15) is 29.0 Å². The van der Waals surface area contributed by atoms with Crippen LogP contribution in [0.15, 0.2) is 16.7 Å². The molecule has 1 aliphatic rings. The maximum Gasteiger partial charge on any atom is 0.301 e. The quantitative estimate of drug-likeness (QED) is 0.431. The van der Waals surface area contributed by atoms with Gasteiger partial charge in [-0.05, 0) is 32.0 Å². The molecule has 15 heavy (non-hydrogen) atoms. The Kier molecular flexibility index (Phi) is 3.03. The molecule has 1 fully saturated rings. The second-order valence-corrected chi connectivity index (χ2v) is 3.73. The maximum atomic E-state index is 11.3. The van der Waals surface area contributed by atoms with E-state index in [2.05, 4.69) is 10.3 Å². The zero-order valence-corrected chi connectivity index (χ0v) is 8.53. The standard InChI is InChI=1S/C10H15N3O2/c11-12-10(14)9-8(3-6-15-9)7-13-4-1-2-5-13/h3,6H,1-2,4-5,7,11H2,(H,12,14). The fraction of sp³-hybridized carbons (Fsp3) is 0.500. The van der Waals surface area contributed by atoms with Crippen molar-refractivity contribution in [1.82, 2.24) is 10.3 Å². The van der Waals surface area contributed by atoms with Crippen LogP contribution in [-0.4, -0.2) is 23.9 Å². The summed E-state index contributed by atoms with van der Waals surface area (Å²) >= 11 is 0. The van der Waals surface area contributed by atoms with Gasteiger partial charge in [0.1, 0.15) is 0 Å². The normalized spacial score (nSPS) is 16.9. The molecule has 2 heterocycles. The number of rotatable bonds is 3. The molecule has 1 aromatic heterocycles. The van der Waals surface area contributed by atoms with Crippen LogP contribution in [0.25, 0.3) is 0 Å². The molecule has 0 aliphatic carbocycles. The van der Waals surface area contributed by atoms with Gasteiger partial charge in [0.05, 0.1) is 6.26 Å². The number of nitrogens with one attached hydrogen (secondary N) is 1. The summed E-state index contributed by atoms with van der Waals surface area (Å²) in [4.78, 5) is 13.6. The number of amides is 1. The summed E-state index contributed by atoms with van der Waals surface area (Å²) in [6.45, 7) is 2.95. The average Bonchev–Trinajstić information content (AvgIpc) is 2.88. The van der Waals surface area contributed by atoms with Gasteiger partial charge in [0, 0.05) is 12.1 Å². The van der Waals surface area contributed by atoms with Crippen LogP contribution in [-0.2, 0) is 6.54 Å². The Morgan fingerprint density at radius 2 is 2.27 bits per heavy atom. The van der Waals surface area contributed by atoms with Gasteiger partial charge in [0.2, 0.25) is 0 Å². The summed E-state index contributed by atoms with van der Waals surface area (Å²) in [6.07, 6.45) is 3.99. The Morgan fingerprint density at radius 1 is 1.53 bits per heavy atom. The van der Waals surface area contributed by atoms with Crippen molar-refractivity contribution in [2.24, 2.45) is 5.84 Å². The number of likely N-dealkylation sites (tertiary alicyclic amines) is 1. The molecule has 1 aromatic rings. The van der Waals surface area contributed by atoms with Gasteiger partial charge in [-0.3, -0.25) is 15.1 Å². The second-order valence-electron chi connectivity index (χ2n) is 3.73. The molecule has 0 bridgehead atoms. The molecule has 5 nitrogen and oxygen atoms in total. The van der Waals surface area contributed by atoms with Crippen LogP contribution in [0.5, 0.6) is 0 Å². The van der Waals surface area contributed by atoms with E-state index in [-0.39, 0.29) is 5.91 Å². The number of hydrazine groups is 1. The molecule has 0 atom stereocenters. The number of carbonyl (C=O) groups is 1. The van der Waals surface area contributed by atoms with Gasteiger partial charge in [-0.15, -0.1) is 0 Å². The smallest absolute Gasteiger partial charge is 0.301 e. The lowest BCUT2D eigenvalue weighted by Gasteiger charge is -2.13. The largest absolute Gasteiger partial charge is 0.459 e. The topological polar surface area (TPSA) is 71.5 Å². The molecule has 0 aromatic carbocycles. The van der Waals surface area contributed by atoms with Crippen LogP contribution in [0.2, 0.25) is 0 Å². The zero-order valence-electron chi connectivity index (χ0n) is 8.53. The third kappa shape index (κ3) is 2.19. The molecular formula is C10H15N3O2. The van der Waals surface area contributed by atoms with E-state index < -0.39 is 0 Å². The molecule has 1 saturated heterocycles. The van der Waals surface area contributed by atoms with E-state index in [0.717, 1.165) is 25.2 Å². The number of carbonyl (C=O) groups excluding carboxylic acids is 1. The third-order valence-electron chi connectivity index (χ3n) is 2.68. The van der Waals surface area contributed by atoms with Gasteiger partial charge in [0.15, 0.2) is 5.76 Å². The van der Waals surface area contributed by atoms with Crippen LogP contribution < -0.4 is 11.3 Å². The predicted molar refractivity (Wildman–Crippen MR) is 54.9 cm³/mol. The Bertz CT molecular complexity index is 342. The average molecular weight is 209 g/mol. The fourth-order valence-electron chi connectivity index (χ4n) is 1.91. The molecule has 0 saturated carbocycles. The van der Waals surface area contributed by atoms with Gasteiger partial charge in [-0.1, -0.05) is 0 Å². The first-order valence-electron chi connectivity index (χ1n) is 5.11. The van der Waals surface area contributed by atoms with Crippen molar-refractivity contribution in [2.75, 3.05) is 13.1 Å². The molecule has 82 valence electrons. The minimum absolute atomic E-state index is 0.324. The highest BCUT2D eigenvalue weighted by atomic mass is 16.3. The first-order valence-corrected chi connectivity index (χ1v) is 5.11. The number of nitrogen functional groups attached to an aromatic ring is 1. The Balaban J connectivity index is 2.07. The van der Waals surface area contributed by atoms with E-state index >= 15 is 0 Å². The van der Waals surface area contributed by atoms with Crippen molar-refractivity contribution in [1.29, 1.82) is 0 Å². The van der Waals surface area contributed by atoms with E-state index in [1.165, 1.54) is 19.1 Å². The highest BCUT2D eigenvalue weighted by Crippen LogP contribution is 2.16. The lowest BCUT2D eigenvalue weighted by atomic mass is 10.2. The monoisotopic (exact) mass is 209 g/mol. The first-order chi connectivity index (χ1) is 7.31. The third-order valence-corrected chi connectivity index (χ3v) is 2.68. The SMILES string of the molecule is NNC(=O)c1occc1CN1CCCC1. The van der Waals surface area contributed by atoms with E-state index in [1.807, 2.05) is 6.07 Å². The van der Waals surface area contributed by atoms with Gasteiger partial charge < -0.3 is 4.42 Å². The Labute approximate surface area is 88.2 Å². The molecule has 0 unspecified atom stereocenters. The molecule has 0 spiro atoms. The predicted octanol–water partition coefficient (Wildman–Crippen LogP) is 0.479. The Morgan fingerprint density at radius 3 is 2.93 bits per heavy atom. The summed E-state index contributed by atoms with van der Waals surface area (Å²) in [7, 11) is 0. The summed E-state index contributed by atoms with van der Waals surface area (Å²) in [5.41, 5.74) is 2.98. The van der Waals surface area contributed by atoms with E-state index in [0.29, 0.717) is 5.76 Å². The molecule has 0 radical (unpaired) electrons. The van der Waals surface area contributed by atoms with Crippen LogP contribution in [0.4, 0.5) is 0 Å².